The van der Waals surface area contributed by atoms with Gasteiger partial charge < -0.3 is 20.5 Å². The van der Waals surface area contributed by atoms with E-state index in [1.807, 2.05) is 0 Å². The number of nitrogens with zero attached hydrogens (tertiary/aromatic N) is 2. The molecule has 2 heterocycles. The van der Waals surface area contributed by atoms with Crippen molar-refractivity contribution < 1.29 is 19.1 Å². The molecule has 0 spiro atoms. The van der Waals surface area contributed by atoms with Crippen molar-refractivity contribution in [2.45, 2.75) is 42.8 Å². The van der Waals surface area contributed by atoms with E-state index in [1.165, 1.54) is 23.1 Å². The lowest BCUT2D eigenvalue weighted by atomic mass is 10.1. The first-order valence-corrected chi connectivity index (χ1v) is 11.1. The van der Waals surface area contributed by atoms with Crippen LogP contribution in [0.4, 0.5) is 10.1 Å². The summed E-state index contributed by atoms with van der Waals surface area (Å²) >= 11 is 3.89. The molecule has 1 saturated carbocycles. The fraction of sp³-hybridized carbons (Fsp3) is 0.500. The molecule has 146 valence electrons. The van der Waals surface area contributed by atoms with Crippen molar-refractivity contribution in [3.8, 4) is 0 Å². The SMILES string of the molecule is CCOC(=O)c1sc(N)c(C(=O)OCC)c1CSc1nnc(NC2CC2)s1. The second-order valence-electron chi connectivity index (χ2n) is 5.67. The number of thioether (sulfide) groups is 1. The first kappa shape index (κ1) is 19.9. The van der Waals surface area contributed by atoms with Gasteiger partial charge in [-0.1, -0.05) is 23.1 Å². The molecule has 3 rings (SSSR count). The van der Waals surface area contributed by atoms with Crippen LogP contribution in [-0.4, -0.2) is 41.4 Å². The predicted octanol–water partition coefficient (Wildman–Crippen LogP) is 3.40. The molecular formula is C16H20N4O4S3. The number of carbonyl (C=O) groups excluding carboxylic acids is 2. The second kappa shape index (κ2) is 8.89. The van der Waals surface area contributed by atoms with E-state index in [9.17, 15) is 9.59 Å². The van der Waals surface area contributed by atoms with Gasteiger partial charge in [0.1, 0.15) is 9.88 Å². The van der Waals surface area contributed by atoms with E-state index in [-0.39, 0.29) is 23.8 Å². The first-order chi connectivity index (χ1) is 13.0. The number of aromatic nitrogens is 2. The zero-order valence-electron chi connectivity index (χ0n) is 14.9. The summed E-state index contributed by atoms with van der Waals surface area (Å²) in [4.78, 5) is 24.9. The Bertz CT molecular complexity index is 832. The van der Waals surface area contributed by atoms with E-state index in [0.29, 0.717) is 22.2 Å². The second-order valence-corrected chi connectivity index (χ2v) is 8.92. The lowest BCUT2D eigenvalue weighted by Crippen LogP contribution is -2.10. The molecule has 11 heteroatoms. The molecule has 3 N–H and O–H groups in total. The molecule has 0 aliphatic heterocycles. The van der Waals surface area contributed by atoms with Gasteiger partial charge in [0, 0.05) is 17.4 Å². The molecule has 0 bridgehead atoms. The lowest BCUT2D eigenvalue weighted by molar-refractivity contribution is 0.0527. The number of hydrogen-bond acceptors (Lipinski definition) is 11. The summed E-state index contributed by atoms with van der Waals surface area (Å²) in [5.74, 6) is -0.687. The molecule has 2 aromatic heterocycles. The van der Waals surface area contributed by atoms with E-state index in [1.54, 1.807) is 13.8 Å². The van der Waals surface area contributed by atoms with Crippen molar-refractivity contribution in [2.24, 2.45) is 0 Å². The van der Waals surface area contributed by atoms with E-state index in [4.69, 9.17) is 15.2 Å². The van der Waals surface area contributed by atoms with Crippen LogP contribution in [-0.2, 0) is 15.2 Å². The van der Waals surface area contributed by atoms with Gasteiger partial charge in [-0.2, -0.15) is 0 Å². The highest BCUT2D eigenvalue weighted by Gasteiger charge is 2.28. The summed E-state index contributed by atoms with van der Waals surface area (Å²) in [7, 11) is 0. The maximum Gasteiger partial charge on any atom is 0.348 e. The van der Waals surface area contributed by atoms with E-state index >= 15 is 0 Å². The van der Waals surface area contributed by atoms with Crippen LogP contribution in [0.2, 0.25) is 0 Å². The summed E-state index contributed by atoms with van der Waals surface area (Å²) in [5, 5.41) is 12.6. The van der Waals surface area contributed by atoms with Gasteiger partial charge in [0.05, 0.1) is 18.8 Å². The molecule has 2 aromatic rings. The zero-order chi connectivity index (χ0) is 19.4. The van der Waals surface area contributed by atoms with Crippen LogP contribution in [0.1, 0.15) is 52.3 Å². The Morgan fingerprint density at radius 3 is 2.56 bits per heavy atom. The third-order valence-electron chi connectivity index (χ3n) is 3.63. The fourth-order valence-corrected chi connectivity index (χ4v) is 5.19. The molecule has 0 atom stereocenters. The third kappa shape index (κ3) is 4.90. The van der Waals surface area contributed by atoms with E-state index in [0.717, 1.165) is 33.6 Å². The van der Waals surface area contributed by atoms with Crippen molar-refractivity contribution in [1.82, 2.24) is 10.2 Å². The average Bonchev–Trinajstić information content (AvgIpc) is 3.21. The highest BCUT2D eigenvalue weighted by molar-refractivity contribution is 8.00. The monoisotopic (exact) mass is 428 g/mol. The van der Waals surface area contributed by atoms with Crippen molar-refractivity contribution in [2.75, 3.05) is 24.3 Å². The van der Waals surface area contributed by atoms with Gasteiger partial charge in [-0.25, -0.2) is 9.59 Å². The molecule has 0 amide bonds. The van der Waals surface area contributed by atoms with Crippen molar-refractivity contribution >= 4 is 56.5 Å². The first-order valence-electron chi connectivity index (χ1n) is 8.51. The van der Waals surface area contributed by atoms with Crippen LogP contribution < -0.4 is 11.1 Å². The van der Waals surface area contributed by atoms with Crippen molar-refractivity contribution in [1.29, 1.82) is 0 Å². The minimum Gasteiger partial charge on any atom is -0.462 e. The highest BCUT2D eigenvalue weighted by atomic mass is 32.2. The summed E-state index contributed by atoms with van der Waals surface area (Å²) in [6.45, 7) is 3.91. The molecule has 0 unspecified atom stereocenters. The zero-order valence-corrected chi connectivity index (χ0v) is 17.4. The van der Waals surface area contributed by atoms with Crippen LogP contribution >= 0.6 is 34.4 Å². The number of hydrogen-bond donors (Lipinski definition) is 2. The van der Waals surface area contributed by atoms with Crippen molar-refractivity contribution in [3.05, 3.63) is 16.0 Å². The molecule has 8 nitrogen and oxygen atoms in total. The maximum absolute atomic E-state index is 12.3. The maximum atomic E-state index is 12.3. The smallest absolute Gasteiger partial charge is 0.348 e. The Labute approximate surface area is 168 Å². The predicted molar refractivity (Wildman–Crippen MR) is 107 cm³/mol. The van der Waals surface area contributed by atoms with Gasteiger partial charge in [0.15, 0.2) is 4.34 Å². The number of thiophene rings is 1. The molecular weight excluding hydrogens is 408 g/mol. The Balaban J connectivity index is 1.80. The van der Waals surface area contributed by atoms with Gasteiger partial charge in [0.2, 0.25) is 5.13 Å². The summed E-state index contributed by atoms with van der Waals surface area (Å²) in [6.07, 6.45) is 2.31. The van der Waals surface area contributed by atoms with Gasteiger partial charge in [0.25, 0.3) is 0 Å². The van der Waals surface area contributed by atoms with E-state index in [2.05, 4.69) is 15.5 Å². The Morgan fingerprint density at radius 2 is 1.89 bits per heavy atom. The van der Waals surface area contributed by atoms with Crippen LogP contribution in [0.25, 0.3) is 0 Å². The molecule has 0 saturated heterocycles. The Morgan fingerprint density at radius 1 is 1.19 bits per heavy atom. The van der Waals surface area contributed by atoms with Gasteiger partial charge in [-0.3, -0.25) is 0 Å². The van der Waals surface area contributed by atoms with Crippen molar-refractivity contribution in [3.63, 3.8) is 0 Å². The number of carbonyl (C=O) groups is 2. The molecule has 27 heavy (non-hydrogen) atoms. The van der Waals surface area contributed by atoms with E-state index < -0.39 is 11.9 Å². The largest absolute Gasteiger partial charge is 0.462 e. The molecule has 1 aliphatic rings. The fourth-order valence-electron chi connectivity index (χ4n) is 2.27. The Hall–Kier alpha value is -1.85. The Kier molecular flexibility index (Phi) is 6.55. The minimum absolute atomic E-state index is 0.224. The lowest BCUT2D eigenvalue weighted by Gasteiger charge is -2.06. The summed E-state index contributed by atoms with van der Waals surface area (Å²) in [5.41, 5.74) is 6.76. The standard InChI is InChI=1S/C16H20N4O4S3/c1-3-23-13(21)10-9(11(26-12(10)17)14(22)24-4-2)7-25-16-20-19-15(27-16)18-8-5-6-8/h8H,3-7,17H2,1-2H3,(H,18,19). The van der Waals surface area contributed by atoms with Crippen LogP contribution in [0.15, 0.2) is 4.34 Å². The topological polar surface area (TPSA) is 116 Å². The van der Waals surface area contributed by atoms with Gasteiger partial charge in [-0.15, -0.1) is 21.5 Å². The summed E-state index contributed by atoms with van der Waals surface area (Å²) < 4.78 is 10.9. The van der Waals surface area contributed by atoms with Gasteiger partial charge >= 0.3 is 11.9 Å². The van der Waals surface area contributed by atoms with Crippen LogP contribution in [0, 0.1) is 0 Å². The molecule has 0 radical (unpaired) electrons. The number of anilines is 2. The van der Waals surface area contributed by atoms with Crippen LogP contribution in [0.5, 0.6) is 0 Å². The molecule has 1 fully saturated rings. The van der Waals surface area contributed by atoms with Gasteiger partial charge in [-0.05, 0) is 26.7 Å². The molecule has 0 aromatic carbocycles. The third-order valence-corrected chi connectivity index (χ3v) is 6.68. The average molecular weight is 429 g/mol. The highest BCUT2D eigenvalue weighted by Crippen LogP contribution is 2.38. The number of nitrogens with one attached hydrogen (secondary N) is 1. The summed E-state index contributed by atoms with van der Waals surface area (Å²) in [6, 6.07) is 0.498. The minimum atomic E-state index is -0.536. The number of rotatable bonds is 9. The normalized spacial score (nSPS) is 13.4. The number of nitrogens with two attached hydrogens (primary N) is 1. The number of esters is 2. The number of ether oxygens (including phenoxy) is 2. The number of nitrogen functional groups attached to an aromatic ring is 1. The molecule has 1 aliphatic carbocycles. The quantitative estimate of drug-likeness (QED) is 0.458. The van der Waals surface area contributed by atoms with Crippen LogP contribution in [0.3, 0.4) is 0 Å².